The fraction of sp³-hybridized carbons (Fsp3) is 0.577. The number of amides is 1. The van der Waals surface area contributed by atoms with Gasteiger partial charge in [0.15, 0.2) is 0 Å². The molecule has 2 aliphatic heterocycles. The van der Waals surface area contributed by atoms with Crippen LogP contribution >= 0.6 is 0 Å². The minimum Gasteiger partial charge on any atom is -0.369 e. The lowest BCUT2D eigenvalue weighted by Gasteiger charge is -2.30. The molecule has 0 bridgehead atoms. The molecule has 1 aromatic heterocycles. The summed E-state index contributed by atoms with van der Waals surface area (Å²) >= 11 is 0. The van der Waals surface area contributed by atoms with E-state index < -0.39 is 11.7 Å². The first-order valence-corrected chi connectivity index (χ1v) is 13.2. The molecule has 5 rings (SSSR count). The summed E-state index contributed by atoms with van der Waals surface area (Å²) in [6.45, 7) is 5.29. The second-order valence-corrected chi connectivity index (χ2v) is 9.98. The Kier molecular flexibility index (Phi) is 7.68. The van der Waals surface area contributed by atoms with Gasteiger partial charge in [0.25, 0.3) is 0 Å². The second-order valence-electron chi connectivity index (χ2n) is 9.98. The van der Waals surface area contributed by atoms with Crippen molar-refractivity contribution in [3.05, 3.63) is 35.5 Å². The lowest BCUT2D eigenvalue weighted by molar-refractivity contribution is -0.137. The van der Waals surface area contributed by atoms with Crippen molar-refractivity contribution in [1.82, 2.24) is 20.2 Å². The first-order chi connectivity index (χ1) is 17.9. The fourth-order valence-electron chi connectivity index (χ4n) is 5.00. The van der Waals surface area contributed by atoms with E-state index >= 15 is 0 Å². The van der Waals surface area contributed by atoms with E-state index in [4.69, 9.17) is 0 Å². The predicted molar refractivity (Wildman–Crippen MR) is 137 cm³/mol. The van der Waals surface area contributed by atoms with Gasteiger partial charge in [0.2, 0.25) is 11.9 Å². The van der Waals surface area contributed by atoms with Gasteiger partial charge in [-0.1, -0.05) is 0 Å². The number of carbonyl (C=O) groups excluding carboxylic acids is 1. The molecule has 2 saturated heterocycles. The molecule has 0 spiro atoms. The molecule has 8 nitrogen and oxygen atoms in total. The highest BCUT2D eigenvalue weighted by Crippen LogP contribution is 2.45. The van der Waals surface area contributed by atoms with Crippen LogP contribution < -0.4 is 20.9 Å². The molecule has 37 heavy (non-hydrogen) atoms. The minimum atomic E-state index is -4.58. The molecular formula is C26H34F3N7O. The summed E-state index contributed by atoms with van der Waals surface area (Å²) in [4.78, 5) is 24.3. The molecule has 3 aliphatic rings. The number of benzene rings is 1. The molecule has 0 atom stereocenters. The number of aromatic nitrogens is 2. The van der Waals surface area contributed by atoms with Crippen LogP contribution in [0.25, 0.3) is 0 Å². The Morgan fingerprint density at radius 3 is 2.65 bits per heavy atom. The Labute approximate surface area is 215 Å². The van der Waals surface area contributed by atoms with Crippen molar-refractivity contribution in [1.29, 1.82) is 0 Å². The van der Waals surface area contributed by atoms with Crippen molar-refractivity contribution in [2.75, 3.05) is 61.3 Å². The Hall–Kier alpha value is -3.08. The summed E-state index contributed by atoms with van der Waals surface area (Å²) in [6.07, 6.45) is 1.41. The second kappa shape index (κ2) is 11.1. The average molecular weight is 518 g/mol. The number of nitrogens with one attached hydrogen (secondary N) is 3. The highest BCUT2D eigenvalue weighted by Gasteiger charge is 2.35. The van der Waals surface area contributed by atoms with Crippen LogP contribution in [0.15, 0.2) is 24.4 Å². The van der Waals surface area contributed by atoms with Crippen molar-refractivity contribution in [3.63, 3.8) is 0 Å². The zero-order valence-corrected chi connectivity index (χ0v) is 20.9. The van der Waals surface area contributed by atoms with Crippen LogP contribution in [0, 0.1) is 0 Å². The number of nitrogens with zero attached hydrogens (tertiary/aromatic N) is 4. The number of alkyl halides is 3. The maximum atomic E-state index is 13.7. The number of piperidine rings is 1. The quantitative estimate of drug-likeness (QED) is 0.427. The SMILES string of the molecule is O=C1CCCCN1CCCNc1nc(Nc2ccc(N3CCNCC3)cc2C2CC2)ncc1C(F)(F)F. The molecular weight excluding hydrogens is 483 g/mol. The van der Waals surface area contributed by atoms with Gasteiger partial charge in [0.05, 0.1) is 0 Å². The molecule has 1 saturated carbocycles. The first kappa shape index (κ1) is 25.6. The van der Waals surface area contributed by atoms with Crippen molar-refractivity contribution < 1.29 is 18.0 Å². The molecule has 3 heterocycles. The highest BCUT2D eigenvalue weighted by atomic mass is 19.4. The van der Waals surface area contributed by atoms with E-state index in [2.05, 4.69) is 36.9 Å². The number of piperazine rings is 1. The molecule has 2 aromatic rings. The normalized spacial score (nSPS) is 18.7. The van der Waals surface area contributed by atoms with Crippen LogP contribution in [0.3, 0.4) is 0 Å². The van der Waals surface area contributed by atoms with Crippen LogP contribution in [0.1, 0.15) is 55.6 Å². The predicted octanol–water partition coefficient (Wildman–Crippen LogP) is 4.34. The van der Waals surface area contributed by atoms with Crippen molar-refractivity contribution in [3.8, 4) is 0 Å². The number of hydrogen-bond donors (Lipinski definition) is 3. The molecule has 3 N–H and O–H groups in total. The van der Waals surface area contributed by atoms with Gasteiger partial charge < -0.3 is 25.8 Å². The van der Waals surface area contributed by atoms with Gasteiger partial charge in [-0.2, -0.15) is 18.2 Å². The van der Waals surface area contributed by atoms with Crippen molar-refractivity contribution in [2.45, 2.75) is 50.6 Å². The maximum absolute atomic E-state index is 13.7. The third-order valence-electron chi connectivity index (χ3n) is 7.19. The molecule has 1 aliphatic carbocycles. The van der Waals surface area contributed by atoms with Crippen LogP contribution in [0.4, 0.5) is 36.3 Å². The number of carbonyl (C=O) groups is 1. The molecule has 1 amide bonds. The number of likely N-dealkylation sites (tertiary alicyclic amines) is 1. The number of anilines is 4. The zero-order valence-electron chi connectivity index (χ0n) is 20.9. The molecule has 3 fully saturated rings. The maximum Gasteiger partial charge on any atom is 0.421 e. The zero-order chi connectivity index (χ0) is 25.8. The summed E-state index contributed by atoms with van der Waals surface area (Å²) in [7, 11) is 0. The van der Waals surface area contributed by atoms with Crippen LogP contribution in [-0.4, -0.2) is 66.6 Å². The third-order valence-corrected chi connectivity index (χ3v) is 7.19. The van der Waals surface area contributed by atoms with Crippen LogP contribution in [-0.2, 0) is 11.0 Å². The Morgan fingerprint density at radius 2 is 1.92 bits per heavy atom. The largest absolute Gasteiger partial charge is 0.421 e. The van der Waals surface area contributed by atoms with Gasteiger partial charge in [-0.15, -0.1) is 0 Å². The van der Waals surface area contributed by atoms with Gasteiger partial charge in [0, 0.05) is 69.8 Å². The van der Waals surface area contributed by atoms with Crippen LogP contribution in [0.2, 0.25) is 0 Å². The third kappa shape index (κ3) is 6.44. The standard InChI is InChI=1S/C26H34F3N7O/c27-26(28,29)21-17-32-25(34-24(21)31-9-3-13-36-12-2-1-4-23(36)37)33-22-8-7-19(16-20(22)18-5-6-18)35-14-10-30-11-15-35/h7-8,16-18,30H,1-6,9-15H2,(H2,31,32,33,34). The number of halogens is 3. The monoisotopic (exact) mass is 517 g/mol. The minimum absolute atomic E-state index is 0.116. The van der Waals surface area contributed by atoms with E-state index in [1.165, 1.54) is 0 Å². The lowest BCUT2D eigenvalue weighted by Crippen LogP contribution is -2.43. The summed E-state index contributed by atoms with van der Waals surface area (Å²) in [5.41, 5.74) is 2.25. The summed E-state index contributed by atoms with van der Waals surface area (Å²) in [5, 5.41) is 9.38. The van der Waals surface area contributed by atoms with Crippen LogP contribution in [0.5, 0.6) is 0 Å². The lowest BCUT2D eigenvalue weighted by atomic mass is 10.1. The van der Waals surface area contributed by atoms with E-state index in [0.717, 1.165) is 75.0 Å². The van der Waals surface area contributed by atoms with Crippen molar-refractivity contribution >= 4 is 29.0 Å². The van der Waals surface area contributed by atoms with E-state index in [1.54, 1.807) is 4.90 Å². The van der Waals surface area contributed by atoms with Crippen molar-refractivity contribution in [2.24, 2.45) is 0 Å². The Balaban J connectivity index is 1.29. The van der Waals surface area contributed by atoms with E-state index in [1.807, 2.05) is 12.1 Å². The summed E-state index contributed by atoms with van der Waals surface area (Å²) in [6, 6.07) is 6.22. The topological polar surface area (TPSA) is 85.4 Å². The van der Waals surface area contributed by atoms with E-state index in [9.17, 15) is 18.0 Å². The fourth-order valence-corrected chi connectivity index (χ4v) is 5.00. The van der Waals surface area contributed by atoms with E-state index in [0.29, 0.717) is 31.8 Å². The van der Waals surface area contributed by atoms with Gasteiger partial charge in [0.1, 0.15) is 11.4 Å². The molecule has 1 aromatic carbocycles. The Bertz CT molecular complexity index is 1100. The van der Waals surface area contributed by atoms with E-state index in [-0.39, 0.29) is 24.2 Å². The summed E-state index contributed by atoms with van der Waals surface area (Å²) < 4.78 is 41.0. The van der Waals surface area contributed by atoms with Gasteiger partial charge in [-0.25, -0.2) is 4.98 Å². The first-order valence-electron chi connectivity index (χ1n) is 13.2. The Morgan fingerprint density at radius 1 is 1.11 bits per heavy atom. The van der Waals surface area contributed by atoms with Gasteiger partial charge >= 0.3 is 6.18 Å². The molecule has 0 unspecified atom stereocenters. The molecule has 0 radical (unpaired) electrons. The molecule has 200 valence electrons. The van der Waals surface area contributed by atoms with Gasteiger partial charge in [-0.05, 0) is 61.8 Å². The number of hydrogen-bond acceptors (Lipinski definition) is 7. The highest BCUT2D eigenvalue weighted by molar-refractivity contribution is 5.76. The van der Waals surface area contributed by atoms with Gasteiger partial charge in [-0.3, -0.25) is 4.79 Å². The number of rotatable bonds is 9. The average Bonchev–Trinajstić information content (AvgIpc) is 3.73. The summed E-state index contributed by atoms with van der Waals surface area (Å²) in [5.74, 6) is 0.430. The smallest absolute Gasteiger partial charge is 0.369 e. The molecule has 11 heteroatoms.